The van der Waals surface area contributed by atoms with Crippen molar-refractivity contribution in [3.8, 4) is 5.75 Å². The molecule has 2 heterocycles. The van der Waals surface area contributed by atoms with E-state index in [0.717, 1.165) is 29.8 Å². The second-order valence-electron chi connectivity index (χ2n) is 6.53. The lowest BCUT2D eigenvalue weighted by atomic mass is 10.0. The molecule has 24 heavy (non-hydrogen) atoms. The molecule has 0 spiro atoms. The number of carbonyl (C=O) groups is 1. The van der Waals surface area contributed by atoms with Crippen molar-refractivity contribution < 1.29 is 19.2 Å². The fraction of sp³-hybridized carbons (Fsp3) is 0.444. The minimum absolute atomic E-state index is 0.197. The van der Waals surface area contributed by atoms with Gasteiger partial charge in [-0.2, -0.15) is 0 Å². The van der Waals surface area contributed by atoms with E-state index in [1.807, 2.05) is 24.3 Å². The number of aliphatic hydroxyl groups excluding tert-OH is 1. The predicted molar refractivity (Wildman–Crippen MR) is 85.9 cm³/mol. The number of hydrogen-bond acceptors (Lipinski definition) is 5. The van der Waals surface area contributed by atoms with Gasteiger partial charge in [0.2, 0.25) is 5.76 Å². The number of benzene rings is 1. The van der Waals surface area contributed by atoms with Gasteiger partial charge in [-0.15, -0.1) is 0 Å². The van der Waals surface area contributed by atoms with Crippen molar-refractivity contribution in [2.75, 3.05) is 13.7 Å². The number of hydrogen-bond donors (Lipinski definition) is 1. The first-order chi connectivity index (χ1) is 11.7. The van der Waals surface area contributed by atoms with Gasteiger partial charge in [0, 0.05) is 18.5 Å². The molecule has 1 aliphatic heterocycles. The Labute approximate surface area is 140 Å². The molecule has 2 fully saturated rings. The highest BCUT2D eigenvalue weighted by molar-refractivity contribution is 5.92. The molecule has 0 bridgehead atoms. The fourth-order valence-electron chi connectivity index (χ4n) is 3.31. The van der Waals surface area contributed by atoms with Crippen LogP contribution in [-0.4, -0.2) is 40.8 Å². The van der Waals surface area contributed by atoms with E-state index in [4.69, 9.17) is 9.26 Å². The van der Waals surface area contributed by atoms with Crippen molar-refractivity contribution in [2.24, 2.45) is 0 Å². The normalized spacial score (nSPS) is 23.5. The molecule has 1 saturated heterocycles. The molecule has 6 heteroatoms. The van der Waals surface area contributed by atoms with E-state index in [9.17, 15) is 9.90 Å². The van der Waals surface area contributed by atoms with Crippen LogP contribution in [0.3, 0.4) is 0 Å². The van der Waals surface area contributed by atoms with Gasteiger partial charge in [0.15, 0.2) is 0 Å². The number of amides is 1. The summed E-state index contributed by atoms with van der Waals surface area (Å²) in [6.07, 6.45) is 2.17. The molecule has 2 aliphatic rings. The summed E-state index contributed by atoms with van der Waals surface area (Å²) in [6, 6.07) is 9.14. The molecule has 2 atom stereocenters. The first-order valence-corrected chi connectivity index (χ1v) is 8.25. The first-order valence-electron chi connectivity index (χ1n) is 8.25. The number of nitrogens with zero attached hydrogens (tertiary/aromatic N) is 2. The zero-order chi connectivity index (χ0) is 16.7. The highest BCUT2D eigenvalue weighted by atomic mass is 16.5. The largest absolute Gasteiger partial charge is 0.497 e. The lowest BCUT2D eigenvalue weighted by Gasteiger charge is -2.23. The Bertz CT molecular complexity index is 753. The van der Waals surface area contributed by atoms with Gasteiger partial charge in [-0.05, 0) is 37.0 Å². The van der Waals surface area contributed by atoms with E-state index < -0.39 is 6.10 Å². The molecule has 1 saturated carbocycles. The van der Waals surface area contributed by atoms with Crippen molar-refractivity contribution in [3.05, 3.63) is 47.3 Å². The van der Waals surface area contributed by atoms with Crippen LogP contribution in [0.1, 0.15) is 53.0 Å². The van der Waals surface area contributed by atoms with Gasteiger partial charge in [-0.1, -0.05) is 17.3 Å². The average Bonchev–Trinajstić information content (AvgIpc) is 3.20. The number of carbonyl (C=O) groups excluding carboxylic acids is 1. The van der Waals surface area contributed by atoms with Crippen molar-refractivity contribution in [3.63, 3.8) is 0 Å². The molecule has 1 aliphatic carbocycles. The van der Waals surface area contributed by atoms with Gasteiger partial charge in [0.05, 0.1) is 24.9 Å². The maximum absolute atomic E-state index is 12.8. The molecule has 0 radical (unpaired) electrons. The molecular formula is C18H20N2O4. The first kappa shape index (κ1) is 15.2. The zero-order valence-electron chi connectivity index (χ0n) is 13.5. The van der Waals surface area contributed by atoms with Gasteiger partial charge in [-0.3, -0.25) is 4.79 Å². The summed E-state index contributed by atoms with van der Waals surface area (Å²) in [7, 11) is 1.61. The second kappa shape index (κ2) is 5.94. The van der Waals surface area contributed by atoms with E-state index in [0.29, 0.717) is 18.9 Å². The van der Waals surface area contributed by atoms with Crippen LogP contribution >= 0.6 is 0 Å². The topological polar surface area (TPSA) is 75.8 Å². The summed E-state index contributed by atoms with van der Waals surface area (Å²) >= 11 is 0. The Balaban J connectivity index is 1.60. The molecule has 2 aromatic rings. The Kier molecular flexibility index (Phi) is 3.76. The van der Waals surface area contributed by atoms with Crippen LogP contribution in [0.5, 0.6) is 5.75 Å². The van der Waals surface area contributed by atoms with Crippen LogP contribution in [0.25, 0.3) is 0 Å². The Morgan fingerprint density at radius 2 is 2.21 bits per heavy atom. The second-order valence-corrected chi connectivity index (χ2v) is 6.53. The SMILES string of the molecule is COc1cccc([C@@H]2C[C@@H](O)CN2C(=O)c2cc(C3CC3)no2)c1. The van der Waals surface area contributed by atoms with E-state index in [1.54, 1.807) is 18.1 Å². The van der Waals surface area contributed by atoms with Gasteiger partial charge >= 0.3 is 0 Å². The van der Waals surface area contributed by atoms with E-state index in [-0.39, 0.29) is 17.7 Å². The molecule has 1 aromatic carbocycles. The molecule has 4 rings (SSSR count). The maximum Gasteiger partial charge on any atom is 0.293 e. The van der Waals surface area contributed by atoms with Crippen LogP contribution in [-0.2, 0) is 0 Å². The summed E-state index contributed by atoms with van der Waals surface area (Å²) in [4.78, 5) is 14.5. The molecule has 6 nitrogen and oxygen atoms in total. The summed E-state index contributed by atoms with van der Waals surface area (Å²) in [6.45, 7) is 0.292. The maximum atomic E-state index is 12.8. The Morgan fingerprint density at radius 3 is 2.96 bits per heavy atom. The third kappa shape index (κ3) is 2.78. The van der Waals surface area contributed by atoms with Crippen LogP contribution < -0.4 is 4.74 Å². The molecule has 1 aromatic heterocycles. The summed E-state index contributed by atoms with van der Waals surface area (Å²) in [5.41, 5.74) is 1.80. The number of ether oxygens (including phenoxy) is 1. The van der Waals surface area contributed by atoms with Gasteiger partial charge in [-0.25, -0.2) is 0 Å². The highest BCUT2D eigenvalue weighted by Crippen LogP contribution is 2.40. The Hall–Kier alpha value is -2.34. The molecule has 0 unspecified atom stereocenters. The molecule has 126 valence electrons. The van der Waals surface area contributed by atoms with Crippen LogP contribution in [0.4, 0.5) is 0 Å². The van der Waals surface area contributed by atoms with Crippen molar-refractivity contribution >= 4 is 5.91 Å². The smallest absolute Gasteiger partial charge is 0.293 e. The fourth-order valence-corrected chi connectivity index (χ4v) is 3.31. The summed E-state index contributed by atoms with van der Waals surface area (Å²) < 4.78 is 10.5. The predicted octanol–water partition coefficient (Wildman–Crippen LogP) is 2.51. The van der Waals surface area contributed by atoms with Crippen LogP contribution in [0.2, 0.25) is 0 Å². The summed E-state index contributed by atoms with van der Waals surface area (Å²) in [5.74, 6) is 1.20. The molecular weight excluding hydrogens is 308 g/mol. The monoisotopic (exact) mass is 328 g/mol. The molecule has 1 N–H and O–H groups in total. The average molecular weight is 328 g/mol. The van der Waals surface area contributed by atoms with Gasteiger partial charge in [0.25, 0.3) is 5.91 Å². The van der Waals surface area contributed by atoms with Crippen molar-refractivity contribution in [1.29, 1.82) is 0 Å². The number of methoxy groups -OCH3 is 1. The van der Waals surface area contributed by atoms with E-state index in [1.165, 1.54) is 0 Å². The van der Waals surface area contributed by atoms with Crippen LogP contribution in [0, 0.1) is 0 Å². The summed E-state index contributed by atoms with van der Waals surface area (Å²) in [5, 5.41) is 14.1. The number of likely N-dealkylation sites (tertiary alicyclic amines) is 1. The number of aliphatic hydroxyl groups is 1. The standard InChI is InChI=1S/C18H20N2O4/c1-23-14-4-2-3-12(7-14)16-8-13(21)10-20(16)18(22)17-9-15(19-24-17)11-5-6-11/h2-4,7,9,11,13,16,21H,5-6,8,10H2,1H3/t13-,16+/m1/s1. The van der Waals surface area contributed by atoms with E-state index >= 15 is 0 Å². The van der Waals surface area contributed by atoms with Crippen molar-refractivity contribution in [1.82, 2.24) is 10.1 Å². The number of aromatic nitrogens is 1. The lowest BCUT2D eigenvalue weighted by molar-refractivity contribution is 0.0673. The minimum atomic E-state index is -0.545. The third-order valence-corrected chi connectivity index (χ3v) is 4.75. The molecule has 1 amide bonds. The third-order valence-electron chi connectivity index (χ3n) is 4.75. The quantitative estimate of drug-likeness (QED) is 0.933. The van der Waals surface area contributed by atoms with Crippen molar-refractivity contribution in [2.45, 2.75) is 37.3 Å². The highest BCUT2D eigenvalue weighted by Gasteiger charge is 2.38. The number of rotatable bonds is 4. The number of β-amino-alcohol motifs (C(OH)–C–C–N with tert-alkyl or cyclic N) is 1. The zero-order valence-corrected chi connectivity index (χ0v) is 13.5. The van der Waals surface area contributed by atoms with Gasteiger partial charge < -0.3 is 19.3 Å². The van der Waals surface area contributed by atoms with Crippen LogP contribution in [0.15, 0.2) is 34.9 Å². The van der Waals surface area contributed by atoms with Gasteiger partial charge in [0.1, 0.15) is 5.75 Å². The van der Waals surface area contributed by atoms with E-state index in [2.05, 4.69) is 5.16 Å². The Morgan fingerprint density at radius 1 is 1.38 bits per heavy atom. The minimum Gasteiger partial charge on any atom is -0.497 e. The lowest BCUT2D eigenvalue weighted by Crippen LogP contribution is -2.31.